The molecule has 3 nitrogen and oxygen atoms in total. The molecule has 4 fully saturated rings. The molecule has 0 aliphatic heterocycles. The van der Waals surface area contributed by atoms with Gasteiger partial charge in [-0.3, -0.25) is 0 Å². The summed E-state index contributed by atoms with van der Waals surface area (Å²) in [5.74, 6) is 1.56. The molecule has 4 aliphatic carbocycles. The van der Waals surface area contributed by atoms with Gasteiger partial charge in [0.15, 0.2) is 0 Å². The Hall–Kier alpha value is -0.840. The number of nitrogens with two attached hydrogens (primary N) is 2. The molecule has 5 rings (SSSR count). The van der Waals surface area contributed by atoms with E-state index in [1.807, 2.05) is 0 Å². The van der Waals surface area contributed by atoms with Crippen LogP contribution in [0, 0.1) is 39.4 Å². The fourth-order valence-corrected chi connectivity index (χ4v) is 10.1. The van der Waals surface area contributed by atoms with E-state index in [2.05, 4.69) is 58.2 Å². The van der Waals surface area contributed by atoms with Crippen molar-refractivity contribution in [3.8, 4) is 0 Å². The van der Waals surface area contributed by atoms with E-state index in [0.717, 1.165) is 49.3 Å². The highest BCUT2D eigenvalue weighted by Gasteiger charge is 2.73. The third-order valence-corrected chi connectivity index (χ3v) is 12.7. The zero-order valence-electron chi connectivity index (χ0n) is 21.5. The molecule has 0 spiro atoms. The van der Waals surface area contributed by atoms with Gasteiger partial charge in [-0.2, -0.15) is 0 Å². The van der Waals surface area contributed by atoms with E-state index in [-0.39, 0.29) is 33.2 Å². The maximum atomic E-state index is 9.24. The molecule has 182 valence electrons. The molecule has 5 N–H and O–H groups in total. The molecule has 33 heavy (non-hydrogen) atoms. The summed E-state index contributed by atoms with van der Waals surface area (Å²) >= 11 is 1.76. The fraction of sp³-hybridized carbons (Fsp3) is 0.759. The second kappa shape index (κ2) is 7.58. The van der Waals surface area contributed by atoms with Crippen LogP contribution in [0.3, 0.4) is 0 Å². The molecule has 8 atom stereocenters. The van der Waals surface area contributed by atoms with Gasteiger partial charge in [-0.15, -0.1) is 11.8 Å². The van der Waals surface area contributed by atoms with Crippen molar-refractivity contribution in [1.82, 2.24) is 0 Å². The highest BCUT2D eigenvalue weighted by atomic mass is 32.2. The van der Waals surface area contributed by atoms with Crippen LogP contribution in [0.15, 0.2) is 29.2 Å². The van der Waals surface area contributed by atoms with E-state index in [4.69, 9.17) is 11.5 Å². The molecule has 4 heteroatoms. The van der Waals surface area contributed by atoms with E-state index in [9.17, 15) is 5.41 Å². The second-order valence-electron chi connectivity index (χ2n) is 13.1. The topological polar surface area (TPSA) is 75.9 Å². The van der Waals surface area contributed by atoms with Crippen molar-refractivity contribution in [2.75, 3.05) is 6.26 Å². The number of nitrogens with one attached hydrogen (secondary N) is 1. The van der Waals surface area contributed by atoms with E-state index in [1.165, 1.54) is 30.6 Å². The summed E-state index contributed by atoms with van der Waals surface area (Å²) in [5, 5.41) is 9.24. The van der Waals surface area contributed by atoms with Crippen molar-refractivity contribution in [2.24, 2.45) is 45.5 Å². The Morgan fingerprint density at radius 2 is 1.55 bits per heavy atom. The normalized spacial score (nSPS) is 49.1. The first-order valence-electron chi connectivity index (χ1n) is 13.2. The summed E-state index contributed by atoms with van der Waals surface area (Å²) in [6.07, 6.45) is 12.5. The van der Waals surface area contributed by atoms with Crippen molar-refractivity contribution < 1.29 is 0 Å². The van der Waals surface area contributed by atoms with Crippen molar-refractivity contribution >= 4 is 17.5 Å². The zero-order valence-corrected chi connectivity index (χ0v) is 22.3. The van der Waals surface area contributed by atoms with Crippen LogP contribution in [0.1, 0.15) is 91.0 Å². The van der Waals surface area contributed by atoms with Crippen LogP contribution in [-0.4, -0.2) is 23.0 Å². The Bertz CT molecular complexity index is 945. The van der Waals surface area contributed by atoms with Gasteiger partial charge < -0.3 is 16.9 Å². The maximum Gasteiger partial charge on any atom is 0.0423 e. The minimum absolute atomic E-state index is 0.0274. The first-order valence-corrected chi connectivity index (χ1v) is 14.5. The molecular formula is C29H45N3S. The summed E-state index contributed by atoms with van der Waals surface area (Å²) in [5.41, 5.74) is 16.8. The highest BCUT2D eigenvalue weighted by molar-refractivity contribution is 7.98. The largest absolute Gasteiger partial charge is 0.325 e. The van der Waals surface area contributed by atoms with Gasteiger partial charge in [0.25, 0.3) is 0 Å². The van der Waals surface area contributed by atoms with Crippen LogP contribution in [0.25, 0.3) is 0 Å². The van der Waals surface area contributed by atoms with Crippen molar-refractivity contribution in [3.63, 3.8) is 0 Å². The summed E-state index contributed by atoms with van der Waals surface area (Å²) in [7, 11) is 0. The summed E-state index contributed by atoms with van der Waals surface area (Å²) in [6, 6.07) is 8.61. The van der Waals surface area contributed by atoms with Crippen LogP contribution in [0.5, 0.6) is 0 Å². The number of hydrogen-bond acceptors (Lipinski definition) is 4. The molecule has 0 aromatic heterocycles. The maximum absolute atomic E-state index is 9.24. The molecule has 0 unspecified atom stereocenters. The van der Waals surface area contributed by atoms with E-state index in [0.29, 0.717) is 5.92 Å². The van der Waals surface area contributed by atoms with Gasteiger partial charge in [0, 0.05) is 27.6 Å². The number of rotatable bonds is 3. The lowest BCUT2D eigenvalue weighted by Gasteiger charge is -2.72. The second-order valence-corrected chi connectivity index (χ2v) is 13.9. The number of fused-ring (bicyclic) bond motifs is 5. The lowest BCUT2D eigenvalue weighted by Crippen LogP contribution is -2.76. The minimum atomic E-state index is -0.230. The molecule has 4 saturated carbocycles. The van der Waals surface area contributed by atoms with Crippen LogP contribution in [0.2, 0.25) is 0 Å². The molecule has 0 bridgehead atoms. The van der Waals surface area contributed by atoms with Gasteiger partial charge in [-0.05, 0) is 103 Å². The smallest absolute Gasteiger partial charge is 0.0423 e. The van der Waals surface area contributed by atoms with Crippen LogP contribution < -0.4 is 11.5 Å². The monoisotopic (exact) mass is 467 g/mol. The highest BCUT2D eigenvalue weighted by Crippen LogP contribution is 2.73. The van der Waals surface area contributed by atoms with Crippen molar-refractivity contribution in [1.29, 1.82) is 5.41 Å². The van der Waals surface area contributed by atoms with Gasteiger partial charge in [-0.1, -0.05) is 46.2 Å². The lowest BCUT2D eigenvalue weighted by molar-refractivity contribution is -0.184. The van der Waals surface area contributed by atoms with Crippen molar-refractivity contribution in [2.45, 2.75) is 101 Å². The molecule has 0 heterocycles. The molecule has 0 radical (unpaired) electrons. The number of thioether (sulfide) groups is 1. The van der Waals surface area contributed by atoms with E-state index < -0.39 is 0 Å². The Morgan fingerprint density at radius 1 is 0.879 bits per heavy atom. The number of benzene rings is 1. The van der Waals surface area contributed by atoms with Crippen LogP contribution in [-0.2, 0) is 0 Å². The average molecular weight is 468 g/mol. The minimum Gasteiger partial charge on any atom is -0.325 e. The van der Waals surface area contributed by atoms with Gasteiger partial charge >= 0.3 is 0 Å². The Labute approximate surface area is 205 Å². The Kier molecular flexibility index (Phi) is 5.48. The predicted molar refractivity (Wildman–Crippen MR) is 141 cm³/mol. The SMILES string of the molecule is CSc1ccc(C(=N)[C@H]2CC[C@]3(N)[C@]2(C)CC[C@@H]2[C@@]4(C)CC[C@H](C)C[C@@]4(N)CC[C@]23C)cc1. The standard InChI is InChI=1S/C29H45N3S/c1-19-10-13-26(3)23-12-14-25(2)22(24(30)20-6-8-21(33-5)9-7-20)11-15-29(25,32)27(23,4)16-17-28(26,31)18-19/h6-9,19,22-23,30H,10-18,31-32H2,1-5H3/t19-,22+,23+,25+,26+,27+,28-,29-/m0/s1. The lowest BCUT2D eigenvalue weighted by atomic mass is 9.35. The van der Waals surface area contributed by atoms with Gasteiger partial charge in [-0.25, -0.2) is 0 Å². The Morgan fingerprint density at radius 3 is 2.21 bits per heavy atom. The average Bonchev–Trinajstić information content (AvgIpc) is 3.07. The third-order valence-electron chi connectivity index (χ3n) is 12.0. The Balaban J connectivity index is 1.49. The van der Waals surface area contributed by atoms with Gasteiger partial charge in [0.05, 0.1) is 0 Å². The molecule has 1 aromatic rings. The molecule has 1 aromatic carbocycles. The summed E-state index contributed by atoms with van der Waals surface area (Å²) in [6.45, 7) is 9.88. The summed E-state index contributed by atoms with van der Waals surface area (Å²) in [4.78, 5) is 1.26. The summed E-state index contributed by atoms with van der Waals surface area (Å²) < 4.78 is 0. The van der Waals surface area contributed by atoms with E-state index >= 15 is 0 Å². The van der Waals surface area contributed by atoms with Crippen LogP contribution >= 0.6 is 11.8 Å². The fourth-order valence-electron chi connectivity index (χ4n) is 9.69. The number of hydrogen-bond donors (Lipinski definition) is 3. The zero-order chi connectivity index (χ0) is 23.9. The third kappa shape index (κ3) is 2.99. The van der Waals surface area contributed by atoms with E-state index in [1.54, 1.807) is 11.8 Å². The quantitative estimate of drug-likeness (QED) is 0.345. The molecule has 0 amide bonds. The van der Waals surface area contributed by atoms with Gasteiger partial charge in [0.2, 0.25) is 0 Å². The van der Waals surface area contributed by atoms with Gasteiger partial charge in [0.1, 0.15) is 0 Å². The first-order chi connectivity index (χ1) is 15.4. The molecule has 0 saturated heterocycles. The predicted octanol–water partition coefficient (Wildman–Crippen LogP) is 6.62. The van der Waals surface area contributed by atoms with Crippen LogP contribution in [0.4, 0.5) is 0 Å². The molecular weight excluding hydrogens is 422 g/mol. The first kappa shape index (κ1) is 23.9. The van der Waals surface area contributed by atoms with Crippen molar-refractivity contribution in [3.05, 3.63) is 29.8 Å². The molecule has 4 aliphatic rings.